The standard InChI is InChI=1S/C11H22O/c1-9(2)7-10(3)5-6-11(4)8-12/h6,9-10,12H,5,7-8H2,1-4H3/b11-6+/t10-/m1/s1. The second-order valence-electron chi connectivity index (χ2n) is 4.18. The highest BCUT2D eigenvalue weighted by molar-refractivity contribution is 4.97. The van der Waals surface area contributed by atoms with E-state index in [0.717, 1.165) is 23.8 Å². The third kappa shape index (κ3) is 6.41. The average Bonchev–Trinajstić information content (AvgIpc) is 1.99. The van der Waals surface area contributed by atoms with E-state index in [-0.39, 0.29) is 6.61 Å². The third-order valence-corrected chi connectivity index (χ3v) is 1.99. The Morgan fingerprint density at radius 3 is 2.33 bits per heavy atom. The highest BCUT2D eigenvalue weighted by Crippen LogP contribution is 2.15. The predicted molar refractivity (Wildman–Crippen MR) is 54.1 cm³/mol. The van der Waals surface area contributed by atoms with Crippen LogP contribution in [0.15, 0.2) is 11.6 Å². The first-order valence-corrected chi connectivity index (χ1v) is 4.82. The summed E-state index contributed by atoms with van der Waals surface area (Å²) in [7, 11) is 0. The predicted octanol–water partition coefficient (Wildman–Crippen LogP) is 3.00. The normalized spacial score (nSPS) is 15.3. The van der Waals surface area contributed by atoms with Gasteiger partial charge < -0.3 is 5.11 Å². The Hall–Kier alpha value is -0.300. The van der Waals surface area contributed by atoms with Gasteiger partial charge in [0, 0.05) is 0 Å². The van der Waals surface area contributed by atoms with Crippen LogP contribution in [0.3, 0.4) is 0 Å². The van der Waals surface area contributed by atoms with Crippen molar-refractivity contribution in [1.82, 2.24) is 0 Å². The van der Waals surface area contributed by atoms with Gasteiger partial charge in [-0.25, -0.2) is 0 Å². The van der Waals surface area contributed by atoms with Crippen molar-refractivity contribution in [2.24, 2.45) is 11.8 Å². The molecule has 0 saturated carbocycles. The zero-order chi connectivity index (χ0) is 9.56. The van der Waals surface area contributed by atoms with E-state index in [2.05, 4.69) is 26.8 Å². The van der Waals surface area contributed by atoms with E-state index in [4.69, 9.17) is 5.11 Å². The van der Waals surface area contributed by atoms with E-state index >= 15 is 0 Å². The van der Waals surface area contributed by atoms with Gasteiger partial charge in [0.2, 0.25) is 0 Å². The molecule has 0 aliphatic heterocycles. The highest BCUT2D eigenvalue weighted by atomic mass is 16.3. The molecule has 1 N–H and O–H groups in total. The third-order valence-electron chi connectivity index (χ3n) is 1.99. The molecular weight excluding hydrogens is 148 g/mol. The van der Waals surface area contributed by atoms with E-state index < -0.39 is 0 Å². The largest absolute Gasteiger partial charge is 0.392 e. The maximum Gasteiger partial charge on any atom is 0.0639 e. The van der Waals surface area contributed by atoms with Crippen LogP contribution in [0, 0.1) is 11.8 Å². The van der Waals surface area contributed by atoms with Gasteiger partial charge in [0.05, 0.1) is 6.61 Å². The van der Waals surface area contributed by atoms with Crippen molar-refractivity contribution in [1.29, 1.82) is 0 Å². The lowest BCUT2D eigenvalue weighted by Gasteiger charge is -2.11. The second kappa shape index (κ2) is 6.24. The molecular formula is C11H22O. The van der Waals surface area contributed by atoms with Gasteiger partial charge in [-0.05, 0) is 31.6 Å². The van der Waals surface area contributed by atoms with Crippen LogP contribution in [0.4, 0.5) is 0 Å². The summed E-state index contributed by atoms with van der Waals surface area (Å²) in [6, 6.07) is 0. The molecule has 1 atom stereocenters. The van der Waals surface area contributed by atoms with E-state index in [0.29, 0.717) is 0 Å². The van der Waals surface area contributed by atoms with Gasteiger partial charge in [-0.1, -0.05) is 32.4 Å². The van der Waals surface area contributed by atoms with Gasteiger partial charge in [0.15, 0.2) is 0 Å². The van der Waals surface area contributed by atoms with E-state index in [1.807, 2.05) is 6.92 Å². The van der Waals surface area contributed by atoms with Crippen molar-refractivity contribution in [3.8, 4) is 0 Å². The minimum atomic E-state index is 0.203. The molecule has 0 heterocycles. The van der Waals surface area contributed by atoms with Gasteiger partial charge >= 0.3 is 0 Å². The van der Waals surface area contributed by atoms with Crippen LogP contribution in [-0.4, -0.2) is 11.7 Å². The summed E-state index contributed by atoms with van der Waals surface area (Å²) >= 11 is 0. The van der Waals surface area contributed by atoms with Crippen molar-refractivity contribution >= 4 is 0 Å². The Labute approximate surface area is 76.5 Å². The quantitative estimate of drug-likeness (QED) is 0.629. The topological polar surface area (TPSA) is 20.2 Å². The molecule has 12 heavy (non-hydrogen) atoms. The zero-order valence-corrected chi connectivity index (χ0v) is 8.80. The second-order valence-corrected chi connectivity index (χ2v) is 4.18. The summed E-state index contributed by atoms with van der Waals surface area (Å²) in [6.45, 7) is 8.94. The fourth-order valence-electron chi connectivity index (χ4n) is 1.37. The molecule has 0 aromatic heterocycles. The molecule has 0 aliphatic carbocycles. The van der Waals surface area contributed by atoms with Crippen LogP contribution in [0.1, 0.15) is 40.5 Å². The molecule has 72 valence electrons. The Morgan fingerprint density at radius 2 is 1.92 bits per heavy atom. The van der Waals surface area contributed by atoms with E-state index in [1.54, 1.807) is 0 Å². The van der Waals surface area contributed by atoms with Crippen LogP contribution in [0.5, 0.6) is 0 Å². The molecule has 0 fully saturated rings. The van der Waals surface area contributed by atoms with Crippen molar-refractivity contribution in [3.63, 3.8) is 0 Å². The minimum absolute atomic E-state index is 0.203. The fraction of sp³-hybridized carbons (Fsp3) is 0.818. The molecule has 1 heteroatoms. The number of allylic oxidation sites excluding steroid dienone is 1. The Balaban J connectivity index is 3.62. The first-order valence-electron chi connectivity index (χ1n) is 4.82. The fourth-order valence-corrected chi connectivity index (χ4v) is 1.37. The van der Waals surface area contributed by atoms with Gasteiger partial charge in [-0.15, -0.1) is 0 Å². The molecule has 0 radical (unpaired) electrons. The molecule has 0 saturated heterocycles. The molecule has 0 unspecified atom stereocenters. The summed E-state index contributed by atoms with van der Waals surface area (Å²) in [6.07, 6.45) is 4.52. The maximum atomic E-state index is 8.76. The molecule has 1 nitrogen and oxygen atoms in total. The van der Waals surface area contributed by atoms with Crippen molar-refractivity contribution in [2.75, 3.05) is 6.61 Å². The Kier molecular flexibility index (Phi) is 6.09. The molecule has 0 rings (SSSR count). The van der Waals surface area contributed by atoms with Gasteiger partial charge in [0.25, 0.3) is 0 Å². The lowest BCUT2D eigenvalue weighted by molar-refractivity contribution is 0.330. The lowest BCUT2D eigenvalue weighted by Crippen LogP contribution is -1.99. The molecule has 0 aliphatic rings. The van der Waals surface area contributed by atoms with Crippen molar-refractivity contribution in [2.45, 2.75) is 40.5 Å². The van der Waals surface area contributed by atoms with Crippen molar-refractivity contribution < 1.29 is 5.11 Å². The Bertz CT molecular complexity index is 136. The first kappa shape index (κ1) is 11.7. The molecule has 0 spiro atoms. The van der Waals surface area contributed by atoms with Crippen LogP contribution in [0.2, 0.25) is 0 Å². The van der Waals surface area contributed by atoms with Crippen LogP contribution in [0.25, 0.3) is 0 Å². The van der Waals surface area contributed by atoms with E-state index in [1.165, 1.54) is 6.42 Å². The first-order chi connectivity index (χ1) is 5.56. The van der Waals surface area contributed by atoms with Gasteiger partial charge in [-0.3, -0.25) is 0 Å². The smallest absolute Gasteiger partial charge is 0.0639 e. The number of hydrogen-bond donors (Lipinski definition) is 1. The van der Waals surface area contributed by atoms with Gasteiger partial charge in [0.1, 0.15) is 0 Å². The number of hydrogen-bond acceptors (Lipinski definition) is 1. The van der Waals surface area contributed by atoms with Crippen LogP contribution < -0.4 is 0 Å². The van der Waals surface area contributed by atoms with Crippen molar-refractivity contribution in [3.05, 3.63) is 11.6 Å². The summed E-state index contributed by atoms with van der Waals surface area (Å²) in [5.41, 5.74) is 1.09. The van der Waals surface area contributed by atoms with Crippen LogP contribution in [-0.2, 0) is 0 Å². The summed E-state index contributed by atoms with van der Waals surface area (Å²) in [5.74, 6) is 1.52. The monoisotopic (exact) mass is 170 g/mol. The highest BCUT2D eigenvalue weighted by Gasteiger charge is 2.02. The number of rotatable bonds is 5. The summed E-state index contributed by atoms with van der Waals surface area (Å²) < 4.78 is 0. The SMILES string of the molecule is C/C(=C\C[C@@H](C)CC(C)C)CO. The van der Waals surface area contributed by atoms with E-state index in [9.17, 15) is 0 Å². The number of aliphatic hydroxyl groups is 1. The van der Waals surface area contributed by atoms with Crippen LogP contribution >= 0.6 is 0 Å². The summed E-state index contributed by atoms with van der Waals surface area (Å²) in [4.78, 5) is 0. The minimum Gasteiger partial charge on any atom is -0.392 e. The maximum absolute atomic E-state index is 8.76. The zero-order valence-electron chi connectivity index (χ0n) is 8.80. The summed E-state index contributed by atoms with van der Waals surface area (Å²) in [5, 5.41) is 8.76. The van der Waals surface area contributed by atoms with Gasteiger partial charge in [-0.2, -0.15) is 0 Å². The molecule has 0 bridgehead atoms. The molecule has 0 amide bonds. The average molecular weight is 170 g/mol. The molecule has 0 aromatic carbocycles. The molecule has 0 aromatic rings. The Morgan fingerprint density at radius 1 is 1.33 bits per heavy atom. The number of aliphatic hydroxyl groups excluding tert-OH is 1. The lowest BCUT2D eigenvalue weighted by atomic mass is 9.95.